The largest absolute Gasteiger partial charge is 0.378 e. The van der Waals surface area contributed by atoms with Gasteiger partial charge in [-0.05, 0) is 49.6 Å². The molecule has 0 aliphatic rings. The molecule has 1 amide bonds. The average molecular weight is 325 g/mol. The van der Waals surface area contributed by atoms with Gasteiger partial charge in [-0.25, -0.2) is 0 Å². The van der Waals surface area contributed by atoms with Crippen LogP contribution in [-0.4, -0.2) is 31.0 Å². The maximum Gasteiger partial charge on any atom is 0.220 e. The van der Waals surface area contributed by atoms with Gasteiger partial charge in [0, 0.05) is 50.6 Å². The zero-order chi connectivity index (χ0) is 17.5. The maximum atomic E-state index is 12.1. The summed E-state index contributed by atoms with van der Waals surface area (Å²) in [6.07, 6.45) is 3.83. The highest BCUT2D eigenvalue weighted by Gasteiger charge is 2.10. The van der Waals surface area contributed by atoms with E-state index in [1.807, 2.05) is 40.1 Å². The van der Waals surface area contributed by atoms with E-state index in [4.69, 9.17) is 0 Å². The summed E-state index contributed by atoms with van der Waals surface area (Å²) < 4.78 is 0. The Morgan fingerprint density at radius 3 is 2.54 bits per heavy atom. The molecule has 0 spiro atoms. The van der Waals surface area contributed by atoms with Crippen molar-refractivity contribution in [2.24, 2.45) is 0 Å². The molecule has 0 radical (unpaired) electrons. The normalized spacial score (nSPS) is 11.8. The molecule has 0 aliphatic heterocycles. The van der Waals surface area contributed by atoms with E-state index >= 15 is 0 Å². The molecule has 1 atom stereocenters. The van der Waals surface area contributed by atoms with E-state index in [0.717, 1.165) is 18.5 Å². The Hall–Kier alpha value is -2.36. The number of aromatic nitrogens is 1. The summed E-state index contributed by atoms with van der Waals surface area (Å²) in [5, 5.41) is 3.07. The number of anilines is 1. The summed E-state index contributed by atoms with van der Waals surface area (Å²) >= 11 is 0. The zero-order valence-electron chi connectivity index (χ0n) is 15.0. The van der Waals surface area contributed by atoms with Crippen molar-refractivity contribution >= 4 is 11.6 Å². The summed E-state index contributed by atoms with van der Waals surface area (Å²) in [5.74, 6) is 0.0905. The van der Waals surface area contributed by atoms with E-state index in [1.165, 1.54) is 16.8 Å². The average Bonchev–Trinajstić information content (AvgIpc) is 2.55. The number of nitrogens with one attached hydrogen (secondary N) is 1. The quantitative estimate of drug-likeness (QED) is 0.850. The van der Waals surface area contributed by atoms with Crippen LogP contribution < -0.4 is 10.2 Å². The van der Waals surface area contributed by atoms with Gasteiger partial charge in [-0.1, -0.05) is 18.2 Å². The van der Waals surface area contributed by atoms with Gasteiger partial charge in [0.05, 0.1) is 0 Å². The highest BCUT2D eigenvalue weighted by molar-refractivity contribution is 5.76. The van der Waals surface area contributed by atoms with Crippen LogP contribution in [0.5, 0.6) is 0 Å². The Morgan fingerprint density at radius 2 is 1.92 bits per heavy atom. The van der Waals surface area contributed by atoms with E-state index < -0.39 is 0 Å². The van der Waals surface area contributed by atoms with Crippen molar-refractivity contribution < 1.29 is 4.79 Å². The smallest absolute Gasteiger partial charge is 0.220 e. The third-order valence-electron chi connectivity index (χ3n) is 4.12. The molecule has 24 heavy (non-hydrogen) atoms. The zero-order valence-corrected chi connectivity index (χ0v) is 15.0. The first-order valence-corrected chi connectivity index (χ1v) is 8.42. The molecule has 2 aromatic rings. The van der Waals surface area contributed by atoms with Gasteiger partial charge in [-0.2, -0.15) is 0 Å². The summed E-state index contributed by atoms with van der Waals surface area (Å²) in [5.41, 5.74) is 4.57. The van der Waals surface area contributed by atoms with Crippen molar-refractivity contribution in [3.05, 3.63) is 59.4 Å². The Kier molecular flexibility index (Phi) is 6.36. The molecule has 0 fully saturated rings. The van der Waals surface area contributed by atoms with Crippen molar-refractivity contribution in [3.8, 4) is 0 Å². The van der Waals surface area contributed by atoms with Crippen LogP contribution in [0.1, 0.15) is 30.2 Å². The molecule has 4 heteroatoms. The molecule has 1 heterocycles. The molecule has 128 valence electrons. The van der Waals surface area contributed by atoms with Gasteiger partial charge < -0.3 is 10.2 Å². The number of nitrogens with zero attached hydrogens (tertiary/aromatic N) is 2. The highest BCUT2D eigenvalue weighted by Crippen LogP contribution is 2.13. The van der Waals surface area contributed by atoms with Crippen LogP contribution in [0.25, 0.3) is 0 Å². The van der Waals surface area contributed by atoms with Gasteiger partial charge in [0.25, 0.3) is 0 Å². The van der Waals surface area contributed by atoms with E-state index in [1.54, 1.807) is 6.20 Å². The van der Waals surface area contributed by atoms with Crippen molar-refractivity contribution in [1.29, 1.82) is 0 Å². The first-order chi connectivity index (χ1) is 11.5. The van der Waals surface area contributed by atoms with Gasteiger partial charge in [0.15, 0.2) is 0 Å². The van der Waals surface area contributed by atoms with Crippen LogP contribution in [0.3, 0.4) is 0 Å². The van der Waals surface area contributed by atoms with Crippen LogP contribution in [0.4, 0.5) is 5.69 Å². The molecule has 1 unspecified atom stereocenters. The fourth-order valence-electron chi connectivity index (χ4n) is 2.64. The fourth-order valence-corrected chi connectivity index (χ4v) is 2.64. The number of hydrogen-bond donors (Lipinski definition) is 1. The lowest BCUT2D eigenvalue weighted by Crippen LogP contribution is -2.34. The molecule has 1 aromatic carbocycles. The van der Waals surface area contributed by atoms with Gasteiger partial charge in [0.1, 0.15) is 0 Å². The number of aryl methyl sites for hydroxylation is 2. The number of carbonyl (C=O) groups excluding carboxylic acids is 1. The lowest BCUT2D eigenvalue weighted by atomic mass is 10.1. The second kappa shape index (κ2) is 8.48. The van der Waals surface area contributed by atoms with Crippen molar-refractivity contribution in [3.63, 3.8) is 0 Å². The van der Waals surface area contributed by atoms with E-state index in [0.29, 0.717) is 6.42 Å². The van der Waals surface area contributed by atoms with Crippen LogP contribution >= 0.6 is 0 Å². The number of benzene rings is 1. The topological polar surface area (TPSA) is 45.2 Å². The number of carbonyl (C=O) groups is 1. The van der Waals surface area contributed by atoms with Crippen molar-refractivity contribution in [2.75, 3.05) is 19.0 Å². The lowest BCUT2D eigenvalue weighted by Gasteiger charge is -2.15. The van der Waals surface area contributed by atoms with Crippen molar-refractivity contribution in [2.45, 2.75) is 39.2 Å². The minimum Gasteiger partial charge on any atom is -0.378 e. The van der Waals surface area contributed by atoms with Crippen LogP contribution in [0.15, 0.2) is 42.6 Å². The molecule has 0 saturated carbocycles. The molecule has 0 aliphatic carbocycles. The number of rotatable bonds is 7. The van der Waals surface area contributed by atoms with Crippen molar-refractivity contribution in [1.82, 2.24) is 10.3 Å². The molecular formula is C20H27N3O. The molecule has 0 saturated heterocycles. The third kappa shape index (κ3) is 5.37. The minimum atomic E-state index is 0.0854. The minimum absolute atomic E-state index is 0.0854. The number of amides is 1. The Labute approximate surface area is 144 Å². The fraction of sp³-hybridized carbons (Fsp3) is 0.400. The summed E-state index contributed by atoms with van der Waals surface area (Å²) in [6.45, 7) is 4.08. The predicted octanol–water partition coefficient (Wildman–Crippen LogP) is 3.14. The molecule has 1 aromatic heterocycles. The Balaban J connectivity index is 1.79. The standard InChI is InChI=1S/C20H27N3O/c1-15-6-5-13-21-19(15)14-16(2)22-20(24)12-9-17-7-10-18(11-8-17)23(3)4/h5-8,10-11,13,16H,9,12,14H2,1-4H3,(H,22,24). The SMILES string of the molecule is Cc1cccnc1CC(C)NC(=O)CCc1ccc(N(C)C)cc1. The molecule has 1 N–H and O–H groups in total. The van der Waals surface area contributed by atoms with E-state index in [2.05, 4.69) is 39.5 Å². The summed E-state index contributed by atoms with van der Waals surface area (Å²) in [7, 11) is 4.04. The Morgan fingerprint density at radius 1 is 1.21 bits per heavy atom. The molecular weight excluding hydrogens is 298 g/mol. The lowest BCUT2D eigenvalue weighted by molar-refractivity contribution is -0.121. The maximum absolute atomic E-state index is 12.1. The first kappa shape index (κ1) is 18.0. The summed E-state index contributed by atoms with van der Waals surface area (Å²) in [6, 6.07) is 12.4. The van der Waals surface area contributed by atoms with Gasteiger partial charge in [-0.3, -0.25) is 9.78 Å². The predicted molar refractivity (Wildman–Crippen MR) is 99.4 cm³/mol. The highest BCUT2D eigenvalue weighted by atomic mass is 16.1. The molecule has 0 bridgehead atoms. The Bertz CT molecular complexity index is 665. The second-order valence-electron chi connectivity index (χ2n) is 6.50. The number of hydrogen-bond acceptors (Lipinski definition) is 3. The van der Waals surface area contributed by atoms with Crippen LogP contribution in [0.2, 0.25) is 0 Å². The summed E-state index contributed by atoms with van der Waals surface area (Å²) in [4.78, 5) is 18.6. The van der Waals surface area contributed by atoms with Crippen LogP contribution in [0, 0.1) is 6.92 Å². The van der Waals surface area contributed by atoms with E-state index in [-0.39, 0.29) is 11.9 Å². The van der Waals surface area contributed by atoms with Gasteiger partial charge in [-0.15, -0.1) is 0 Å². The van der Waals surface area contributed by atoms with E-state index in [9.17, 15) is 4.79 Å². The number of pyridine rings is 1. The second-order valence-corrected chi connectivity index (χ2v) is 6.50. The van der Waals surface area contributed by atoms with Gasteiger partial charge in [0.2, 0.25) is 5.91 Å². The first-order valence-electron chi connectivity index (χ1n) is 8.42. The van der Waals surface area contributed by atoms with Gasteiger partial charge >= 0.3 is 0 Å². The monoisotopic (exact) mass is 325 g/mol. The third-order valence-corrected chi connectivity index (χ3v) is 4.12. The molecule has 4 nitrogen and oxygen atoms in total. The molecule has 2 rings (SSSR count). The van der Waals surface area contributed by atoms with Crippen LogP contribution in [-0.2, 0) is 17.6 Å².